The molecular weight excluding hydrogens is 450 g/mol. The van der Waals surface area contributed by atoms with Crippen LogP contribution < -0.4 is 5.32 Å². The fourth-order valence-electron chi connectivity index (χ4n) is 8.25. The van der Waals surface area contributed by atoms with Crippen LogP contribution in [-0.2, 0) is 0 Å². The molecule has 6 unspecified atom stereocenters. The lowest BCUT2D eigenvalue weighted by Crippen LogP contribution is -2.51. The zero-order valence-electron chi connectivity index (χ0n) is 24.1. The average Bonchev–Trinajstić information content (AvgIpc) is 3.52. The van der Waals surface area contributed by atoms with Crippen LogP contribution in [0, 0.1) is 41.4 Å². The Morgan fingerprint density at radius 2 is 1.78 bits per heavy atom. The van der Waals surface area contributed by atoms with Crippen molar-refractivity contribution < 1.29 is 0 Å². The van der Waals surface area contributed by atoms with Crippen molar-refractivity contribution in [1.29, 1.82) is 0 Å². The standard InChI is InChI=1S/C23H34N2.C11H15N/c1-16-4-7-20-19-6-5-17-14-18(25-13-12-24-15-25)8-10-23(17,3)21(19)9-11-22(16,20)2;1-9(2)8-12-11-7-5-4-6-10(11)3/h4-5,12-13,18-21,24H,6-11,14-15H2,1-3H3;4-9H,1-3H3. The maximum Gasteiger partial charge on any atom is 0.0870 e. The van der Waals surface area contributed by atoms with Crippen LogP contribution in [0.1, 0.15) is 85.1 Å². The Kier molecular flexibility index (Phi) is 7.44. The maximum absolute atomic E-state index is 4.38. The Hall–Kier alpha value is -2.29. The fourth-order valence-corrected chi connectivity index (χ4v) is 8.25. The number of aryl methyl sites for hydroxylation is 1. The van der Waals surface area contributed by atoms with Crippen molar-refractivity contribution in [2.75, 3.05) is 6.67 Å². The number of nitrogens with one attached hydrogen (secondary N) is 1. The van der Waals surface area contributed by atoms with E-state index in [-0.39, 0.29) is 0 Å². The van der Waals surface area contributed by atoms with E-state index >= 15 is 0 Å². The molecule has 0 aromatic heterocycles. The molecule has 0 saturated heterocycles. The minimum absolute atomic E-state index is 0.480. The number of para-hydroxylation sites is 1. The third-order valence-electron chi connectivity index (χ3n) is 10.8. The van der Waals surface area contributed by atoms with Crippen molar-refractivity contribution >= 4 is 11.9 Å². The number of aliphatic imine (C=N–C) groups is 1. The van der Waals surface area contributed by atoms with Crippen LogP contribution in [0.5, 0.6) is 0 Å². The summed E-state index contributed by atoms with van der Waals surface area (Å²) in [6.45, 7) is 14.9. The highest BCUT2D eigenvalue weighted by Gasteiger charge is 2.56. The number of hydrogen-bond acceptors (Lipinski definition) is 3. The van der Waals surface area contributed by atoms with Crippen LogP contribution in [0.15, 0.2) is 65.0 Å². The van der Waals surface area contributed by atoms with Gasteiger partial charge < -0.3 is 10.2 Å². The second-order valence-electron chi connectivity index (χ2n) is 13.2. The Morgan fingerprint density at radius 1 is 1.00 bits per heavy atom. The fraction of sp³-hybridized carbons (Fsp3) is 0.618. The number of allylic oxidation sites excluding steroid dienone is 3. The Bertz CT molecular complexity index is 1090. The summed E-state index contributed by atoms with van der Waals surface area (Å²) in [5.41, 5.74) is 6.78. The van der Waals surface area contributed by atoms with Crippen LogP contribution >= 0.6 is 0 Å². The van der Waals surface area contributed by atoms with Crippen LogP contribution in [-0.4, -0.2) is 23.8 Å². The Morgan fingerprint density at radius 3 is 2.51 bits per heavy atom. The van der Waals surface area contributed by atoms with Crippen molar-refractivity contribution in [3.63, 3.8) is 0 Å². The van der Waals surface area contributed by atoms with Crippen molar-refractivity contribution in [2.24, 2.45) is 39.5 Å². The molecule has 2 fully saturated rings. The lowest BCUT2D eigenvalue weighted by Gasteiger charge is -2.58. The van der Waals surface area contributed by atoms with Gasteiger partial charge in [-0.05, 0) is 105 Å². The molecule has 4 aliphatic carbocycles. The molecule has 3 heteroatoms. The van der Waals surface area contributed by atoms with E-state index in [0.29, 0.717) is 22.8 Å². The summed E-state index contributed by atoms with van der Waals surface area (Å²) >= 11 is 0. The van der Waals surface area contributed by atoms with Crippen molar-refractivity contribution in [3.8, 4) is 0 Å². The van der Waals surface area contributed by atoms with Crippen LogP contribution in [0.25, 0.3) is 0 Å². The van der Waals surface area contributed by atoms with Gasteiger partial charge in [0.25, 0.3) is 0 Å². The van der Waals surface area contributed by atoms with Gasteiger partial charge in [-0.25, -0.2) is 0 Å². The van der Waals surface area contributed by atoms with Gasteiger partial charge in [0, 0.05) is 24.7 Å². The molecule has 1 aliphatic heterocycles. The minimum atomic E-state index is 0.480. The number of rotatable bonds is 3. The summed E-state index contributed by atoms with van der Waals surface area (Å²) in [5.74, 6) is 3.28. The molecule has 0 amide bonds. The molecule has 200 valence electrons. The first-order valence-corrected chi connectivity index (χ1v) is 14.8. The van der Waals surface area contributed by atoms with Gasteiger partial charge in [0.2, 0.25) is 0 Å². The molecule has 5 aliphatic rings. The summed E-state index contributed by atoms with van der Waals surface area (Å²) < 4.78 is 0. The lowest BCUT2D eigenvalue weighted by molar-refractivity contribution is -0.0225. The number of fused-ring (bicyclic) bond motifs is 5. The van der Waals surface area contributed by atoms with Gasteiger partial charge in [-0.2, -0.15) is 0 Å². The molecule has 0 radical (unpaired) electrons. The molecule has 37 heavy (non-hydrogen) atoms. The number of hydrogen-bond donors (Lipinski definition) is 1. The van der Waals surface area contributed by atoms with E-state index in [4.69, 9.17) is 0 Å². The van der Waals surface area contributed by atoms with Gasteiger partial charge in [-0.1, -0.05) is 69.2 Å². The highest BCUT2D eigenvalue weighted by Crippen LogP contribution is 2.65. The maximum atomic E-state index is 4.38. The zero-order chi connectivity index (χ0) is 26.2. The molecule has 1 heterocycles. The van der Waals surface area contributed by atoms with E-state index in [0.717, 1.165) is 30.1 Å². The first kappa shape index (κ1) is 26.3. The quantitative estimate of drug-likeness (QED) is 0.333. The van der Waals surface area contributed by atoms with Gasteiger partial charge >= 0.3 is 0 Å². The SMILES string of the molecule is CC1=CCC2C3CC=C4CC(N5C=CNC5)CCC4(C)C3CCC12C.Cc1ccccc1N=CC(C)C. The molecule has 6 atom stereocenters. The van der Waals surface area contributed by atoms with E-state index in [1.54, 1.807) is 11.1 Å². The molecule has 0 bridgehead atoms. The Balaban J connectivity index is 0.000000198. The first-order valence-electron chi connectivity index (χ1n) is 14.8. The van der Waals surface area contributed by atoms with Gasteiger partial charge in [0.15, 0.2) is 0 Å². The average molecular weight is 500 g/mol. The molecule has 1 N–H and O–H groups in total. The molecule has 1 aromatic rings. The summed E-state index contributed by atoms with van der Waals surface area (Å²) in [6.07, 6.45) is 21.2. The van der Waals surface area contributed by atoms with Crippen molar-refractivity contribution in [2.45, 2.75) is 92.5 Å². The number of benzene rings is 1. The van der Waals surface area contributed by atoms with Gasteiger partial charge in [-0.3, -0.25) is 4.99 Å². The third kappa shape index (κ3) is 4.95. The second-order valence-corrected chi connectivity index (χ2v) is 13.2. The zero-order valence-corrected chi connectivity index (χ0v) is 24.1. The van der Waals surface area contributed by atoms with Gasteiger partial charge in [0.1, 0.15) is 0 Å². The molecule has 2 saturated carbocycles. The molecule has 3 nitrogen and oxygen atoms in total. The topological polar surface area (TPSA) is 27.6 Å². The molecular formula is C34H49N3. The van der Waals surface area contributed by atoms with Crippen LogP contribution in [0.2, 0.25) is 0 Å². The van der Waals surface area contributed by atoms with Crippen LogP contribution in [0.3, 0.4) is 0 Å². The number of nitrogens with zero attached hydrogens (tertiary/aromatic N) is 2. The second kappa shape index (κ2) is 10.5. The summed E-state index contributed by atoms with van der Waals surface area (Å²) in [6, 6.07) is 8.87. The van der Waals surface area contributed by atoms with Crippen molar-refractivity contribution in [3.05, 3.63) is 65.5 Å². The highest BCUT2D eigenvalue weighted by molar-refractivity contribution is 5.66. The summed E-state index contributed by atoms with van der Waals surface area (Å²) in [4.78, 5) is 6.90. The van der Waals surface area contributed by atoms with Gasteiger partial charge in [0.05, 0.1) is 12.4 Å². The molecule has 0 spiro atoms. The normalized spacial score (nSPS) is 36.2. The lowest BCUT2D eigenvalue weighted by atomic mass is 9.47. The molecule has 6 rings (SSSR count). The largest absolute Gasteiger partial charge is 0.373 e. The Labute approximate surface area is 226 Å². The highest BCUT2D eigenvalue weighted by atomic mass is 15.3. The monoisotopic (exact) mass is 499 g/mol. The first-order chi connectivity index (χ1) is 17.7. The van der Waals surface area contributed by atoms with Gasteiger partial charge in [-0.15, -0.1) is 0 Å². The predicted molar refractivity (Wildman–Crippen MR) is 158 cm³/mol. The van der Waals surface area contributed by atoms with E-state index in [2.05, 4.69) is 87.4 Å². The summed E-state index contributed by atoms with van der Waals surface area (Å²) in [7, 11) is 0. The predicted octanol–water partition coefficient (Wildman–Crippen LogP) is 8.56. The van der Waals surface area contributed by atoms with E-state index < -0.39 is 0 Å². The van der Waals surface area contributed by atoms with E-state index in [1.807, 2.05) is 24.4 Å². The molecule has 1 aromatic carbocycles. The van der Waals surface area contributed by atoms with E-state index in [9.17, 15) is 0 Å². The third-order valence-corrected chi connectivity index (χ3v) is 10.8. The van der Waals surface area contributed by atoms with Crippen LogP contribution in [0.4, 0.5) is 5.69 Å². The minimum Gasteiger partial charge on any atom is -0.373 e. The van der Waals surface area contributed by atoms with Crippen molar-refractivity contribution in [1.82, 2.24) is 10.2 Å². The summed E-state index contributed by atoms with van der Waals surface area (Å²) in [5, 5.41) is 3.35. The van der Waals surface area contributed by atoms with E-state index in [1.165, 1.54) is 50.5 Å². The smallest absolute Gasteiger partial charge is 0.0870 e.